The molecule has 2 rings (SSSR count). The van der Waals surface area contributed by atoms with E-state index in [4.69, 9.17) is 4.74 Å². The van der Waals surface area contributed by atoms with Crippen molar-refractivity contribution in [2.24, 2.45) is 0 Å². The monoisotopic (exact) mass is 309 g/mol. The van der Waals surface area contributed by atoms with Crippen LogP contribution in [-0.4, -0.2) is 11.9 Å². The predicted molar refractivity (Wildman–Crippen MR) is 90.6 cm³/mol. The van der Waals surface area contributed by atoms with Crippen LogP contribution < -0.4 is 10.1 Å². The van der Waals surface area contributed by atoms with E-state index in [-0.39, 0.29) is 5.91 Å². The molecule has 4 nitrogen and oxygen atoms in total. The van der Waals surface area contributed by atoms with Crippen molar-refractivity contribution in [3.8, 4) is 5.75 Å². The molecule has 0 unspecified atom stereocenters. The van der Waals surface area contributed by atoms with Crippen LogP contribution in [0, 0.1) is 6.92 Å². The van der Waals surface area contributed by atoms with E-state index >= 15 is 0 Å². The quantitative estimate of drug-likeness (QED) is 0.525. The van der Waals surface area contributed by atoms with Gasteiger partial charge < -0.3 is 10.1 Å². The molecule has 0 saturated carbocycles. The lowest BCUT2D eigenvalue weighted by molar-refractivity contribution is -0.129. The minimum absolute atomic E-state index is 0.212. The fourth-order valence-electron chi connectivity index (χ4n) is 1.90. The van der Waals surface area contributed by atoms with Gasteiger partial charge in [-0.05, 0) is 57.2 Å². The number of hydrogen-bond donors (Lipinski definition) is 1. The minimum atomic E-state index is -0.429. The van der Waals surface area contributed by atoms with Crippen molar-refractivity contribution in [2.75, 3.05) is 5.32 Å². The van der Waals surface area contributed by atoms with E-state index in [9.17, 15) is 9.59 Å². The van der Waals surface area contributed by atoms with Gasteiger partial charge in [0.15, 0.2) is 0 Å². The molecule has 1 amide bonds. The Kier molecular flexibility index (Phi) is 5.31. The summed E-state index contributed by atoms with van der Waals surface area (Å²) in [6.45, 7) is 5.63. The van der Waals surface area contributed by atoms with E-state index in [1.807, 2.05) is 45.0 Å². The summed E-state index contributed by atoms with van der Waals surface area (Å²) in [6, 6.07) is 14.0. The third kappa shape index (κ3) is 5.11. The van der Waals surface area contributed by atoms with Crippen LogP contribution in [0.3, 0.4) is 0 Å². The number of ether oxygens (including phenoxy) is 1. The zero-order chi connectivity index (χ0) is 16.8. The molecule has 0 bridgehead atoms. The molecule has 0 fully saturated rings. The van der Waals surface area contributed by atoms with E-state index in [1.54, 1.807) is 24.3 Å². The van der Waals surface area contributed by atoms with Crippen LogP contribution in [0.15, 0.2) is 60.2 Å². The molecule has 2 aromatic carbocycles. The van der Waals surface area contributed by atoms with Crippen LogP contribution in [0.2, 0.25) is 0 Å². The zero-order valence-corrected chi connectivity index (χ0v) is 13.4. The average molecular weight is 309 g/mol. The molecule has 0 aliphatic carbocycles. The van der Waals surface area contributed by atoms with Crippen LogP contribution in [0.4, 0.5) is 5.69 Å². The SMILES string of the molecule is CC(C)=CC(=O)Oc1ccc(C(=O)Nc2ccc(C)cc2)cc1. The highest BCUT2D eigenvalue weighted by molar-refractivity contribution is 6.04. The number of rotatable bonds is 4. The first-order chi connectivity index (χ1) is 10.9. The topological polar surface area (TPSA) is 55.4 Å². The van der Waals surface area contributed by atoms with Crippen molar-refractivity contribution in [1.29, 1.82) is 0 Å². The van der Waals surface area contributed by atoms with Crippen LogP contribution in [0.25, 0.3) is 0 Å². The Morgan fingerprint density at radius 3 is 2.13 bits per heavy atom. The lowest BCUT2D eigenvalue weighted by atomic mass is 10.2. The van der Waals surface area contributed by atoms with Gasteiger partial charge in [-0.2, -0.15) is 0 Å². The van der Waals surface area contributed by atoms with Gasteiger partial charge in [0.1, 0.15) is 5.75 Å². The molecule has 118 valence electrons. The minimum Gasteiger partial charge on any atom is -0.423 e. The third-order valence-electron chi connectivity index (χ3n) is 3.05. The van der Waals surface area contributed by atoms with Crippen molar-refractivity contribution >= 4 is 17.6 Å². The van der Waals surface area contributed by atoms with Gasteiger partial charge in [-0.15, -0.1) is 0 Å². The van der Waals surface area contributed by atoms with Gasteiger partial charge in [-0.25, -0.2) is 4.79 Å². The highest BCUT2D eigenvalue weighted by Gasteiger charge is 2.07. The summed E-state index contributed by atoms with van der Waals surface area (Å²) in [5.74, 6) is -0.239. The van der Waals surface area contributed by atoms with Gasteiger partial charge in [0.25, 0.3) is 5.91 Å². The Morgan fingerprint density at radius 2 is 1.57 bits per heavy atom. The standard InChI is InChI=1S/C19H19NO3/c1-13(2)12-18(21)23-17-10-6-15(7-11-17)19(22)20-16-8-4-14(3)5-9-16/h4-12H,1-3H3,(H,20,22). The molecular formula is C19H19NO3. The van der Waals surface area contributed by atoms with Gasteiger partial charge in [0, 0.05) is 17.3 Å². The van der Waals surface area contributed by atoms with Gasteiger partial charge in [-0.3, -0.25) is 4.79 Å². The van der Waals surface area contributed by atoms with Crippen LogP contribution >= 0.6 is 0 Å². The van der Waals surface area contributed by atoms with Crippen LogP contribution in [0.5, 0.6) is 5.75 Å². The molecule has 0 atom stereocenters. The Morgan fingerprint density at radius 1 is 0.957 bits per heavy atom. The zero-order valence-electron chi connectivity index (χ0n) is 13.4. The van der Waals surface area contributed by atoms with Crippen molar-refractivity contribution in [3.63, 3.8) is 0 Å². The van der Waals surface area contributed by atoms with Gasteiger partial charge in [0.2, 0.25) is 0 Å². The lowest BCUT2D eigenvalue weighted by Crippen LogP contribution is -2.12. The third-order valence-corrected chi connectivity index (χ3v) is 3.05. The second-order valence-corrected chi connectivity index (χ2v) is 5.49. The van der Waals surface area contributed by atoms with Gasteiger partial charge in [0.05, 0.1) is 0 Å². The maximum absolute atomic E-state index is 12.1. The summed E-state index contributed by atoms with van der Waals surface area (Å²) < 4.78 is 5.14. The number of benzene rings is 2. The molecule has 1 N–H and O–H groups in total. The fraction of sp³-hybridized carbons (Fsp3) is 0.158. The Hall–Kier alpha value is -2.88. The maximum atomic E-state index is 12.1. The summed E-state index contributed by atoms with van der Waals surface area (Å²) in [7, 11) is 0. The van der Waals surface area contributed by atoms with Gasteiger partial charge in [-0.1, -0.05) is 23.3 Å². The van der Waals surface area contributed by atoms with E-state index < -0.39 is 5.97 Å². The number of carbonyl (C=O) groups excluding carboxylic acids is 2. The molecular weight excluding hydrogens is 290 g/mol. The predicted octanol–water partition coefficient (Wildman–Crippen LogP) is 4.12. The molecule has 0 heterocycles. The molecule has 23 heavy (non-hydrogen) atoms. The Bertz CT molecular complexity index is 724. The number of allylic oxidation sites excluding steroid dienone is 1. The number of hydrogen-bond acceptors (Lipinski definition) is 3. The van der Waals surface area contributed by atoms with Crippen LogP contribution in [-0.2, 0) is 4.79 Å². The molecule has 0 radical (unpaired) electrons. The first-order valence-corrected chi connectivity index (χ1v) is 7.29. The van der Waals surface area contributed by atoms with E-state index in [0.717, 1.165) is 16.8 Å². The number of anilines is 1. The summed E-state index contributed by atoms with van der Waals surface area (Å²) in [5, 5.41) is 2.82. The largest absolute Gasteiger partial charge is 0.423 e. The molecule has 0 aliphatic heterocycles. The maximum Gasteiger partial charge on any atom is 0.336 e. The number of nitrogens with one attached hydrogen (secondary N) is 1. The number of carbonyl (C=O) groups is 2. The first kappa shape index (κ1) is 16.5. The van der Waals surface area contributed by atoms with Crippen molar-refractivity contribution in [3.05, 3.63) is 71.3 Å². The molecule has 0 aliphatic rings. The summed E-state index contributed by atoms with van der Waals surface area (Å²) in [6.07, 6.45) is 1.41. The first-order valence-electron chi connectivity index (χ1n) is 7.29. The van der Waals surface area contributed by atoms with E-state index in [1.165, 1.54) is 6.08 Å². The van der Waals surface area contributed by atoms with E-state index in [0.29, 0.717) is 11.3 Å². The Labute approximate surface area is 135 Å². The second kappa shape index (κ2) is 7.40. The summed E-state index contributed by atoms with van der Waals surface area (Å²) in [4.78, 5) is 23.7. The van der Waals surface area contributed by atoms with Gasteiger partial charge >= 0.3 is 5.97 Å². The summed E-state index contributed by atoms with van der Waals surface area (Å²) in [5.41, 5.74) is 3.22. The lowest BCUT2D eigenvalue weighted by Gasteiger charge is -2.07. The van der Waals surface area contributed by atoms with E-state index in [2.05, 4.69) is 5.32 Å². The number of esters is 1. The fourth-order valence-corrected chi connectivity index (χ4v) is 1.90. The number of aryl methyl sites for hydroxylation is 1. The second-order valence-electron chi connectivity index (χ2n) is 5.49. The molecule has 2 aromatic rings. The molecule has 4 heteroatoms. The highest BCUT2D eigenvalue weighted by atomic mass is 16.5. The highest BCUT2D eigenvalue weighted by Crippen LogP contribution is 2.15. The van der Waals surface area contributed by atoms with Crippen molar-refractivity contribution in [1.82, 2.24) is 0 Å². The summed E-state index contributed by atoms with van der Waals surface area (Å²) >= 11 is 0. The smallest absolute Gasteiger partial charge is 0.336 e. The Balaban J connectivity index is 2.01. The number of amides is 1. The van der Waals surface area contributed by atoms with Crippen molar-refractivity contribution < 1.29 is 14.3 Å². The van der Waals surface area contributed by atoms with Crippen molar-refractivity contribution in [2.45, 2.75) is 20.8 Å². The molecule has 0 saturated heterocycles. The molecule has 0 aromatic heterocycles. The average Bonchev–Trinajstić information content (AvgIpc) is 2.49. The van der Waals surface area contributed by atoms with Crippen LogP contribution in [0.1, 0.15) is 29.8 Å². The molecule has 0 spiro atoms. The normalized spacial score (nSPS) is 9.87.